The largest absolute Gasteiger partial charge is 0.496 e. The van der Waals surface area contributed by atoms with Crippen LogP contribution in [-0.4, -0.2) is 84.3 Å². The number of halogens is 1. The minimum atomic E-state index is -0.572. The standard InChI is InChI=1S/C29H33FN6O3/c1-38-25-16-22(29(37)36-8-6-21(7-9-36)35-10-12-39-13-11-35)23(30)14-19(25)15-26-33-24-5-2-18(17-31)27(24)28(34-26)32-20-3-4-20/h2,14,16,20-21H,3-13,15H2,1H3,(H,32,33,34). The molecule has 3 heterocycles. The summed E-state index contributed by atoms with van der Waals surface area (Å²) in [5.74, 6) is 0.732. The number of benzene rings is 1. The maximum Gasteiger partial charge on any atom is 0.256 e. The van der Waals surface area contributed by atoms with Crippen LogP contribution in [0.25, 0.3) is 5.57 Å². The van der Waals surface area contributed by atoms with E-state index >= 15 is 4.39 Å². The fourth-order valence-electron chi connectivity index (χ4n) is 5.80. The first-order chi connectivity index (χ1) is 19.0. The second-order valence-electron chi connectivity index (χ2n) is 10.7. The van der Waals surface area contributed by atoms with Crippen molar-refractivity contribution >= 4 is 17.3 Å². The van der Waals surface area contributed by atoms with Gasteiger partial charge in [0.05, 0.1) is 48.8 Å². The Labute approximate surface area is 227 Å². The molecule has 0 spiro atoms. The molecule has 4 aliphatic rings. The molecule has 1 saturated carbocycles. The van der Waals surface area contributed by atoms with Gasteiger partial charge < -0.3 is 19.7 Å². The Morgan fingerprint density at radius 1 is 1.18 bits per heavy atom. The monoisotopic (exact) mass is 532 g/mol. The van der Waals surface area contributed by atoms with Gasteiger partial charge in [-0.05, 0) is 37.8 Å². The number of carbonyl (C=O) groups excluding carboxylic acids is 1. The molecule has 1 aromatic heterocycles. The number of likely N-dealkylation sites (tertiary alicyclic amines) is 1. The van der Waals surface area contributed by atoms with Crippen molar-refractivity contribution in [3.63, 3.8) is 0 Å². The number of aromatic nitrogens is 2. The highest BCUT2D eigenvalue weighted by Crippen LogP contribution is 2.35. The van der Waals surface area contributed by atoms with Crippen molar-refractivity contribution in [1.82, 2.24) is 19.8 Å². The van der Waals surface area contributed by atoms with Gasteiger partial charge in [-0.15, -0.1) is 0 Å². The van der Waals surface area contributed by atoms with Gasteiger partial charge in [0.1, 0.15) is 23.2 Å². The molecule has 2 aliphatic heterocycles. The minimum Gasteiger partial charge on any atom is -0.496 e. The molecule has 1 aromatic carbocycles. The lowest BCUT2D eigenvalue weighted by Crippen LogP contribution is -2.50. The topological polar surface area (TPSA) is 104 Å². The number of piperidine rings is 1. The fraction of sp³-hybridized carbons (Fsp3) is 0.517. The number of nitrogens with one attached hydrogen (secondary N) is 1. The van der Waals surface area contributed by atoms with Crippen LogP contribution in [0.3, 0.4) is 0 Å². The van der Waals surface area contributed by atoms with Crippen LogP contribution >= 0.6 is 0 Å². The lowest BCUT2D eigenvalue weighted by Gasteiger charge is -2.40. The van der Waals surface area contributed by atoms with Gasteiger partial charge in [-0.25, -0.2) is 14.4 Å². The number of nitriles is 1. The summed E-state index contributed by atoms with van der Waals surface area (Å²) in [5, 5.41) is 13.0. The third kappa shape index (κ3) is 5.34. The van der Waals surface area contributed by atoms with Gasteiger partial charge in [0.15, 0.2) is 0 Å². The van der Waals surface area contributed by atoms with Gasteiger partial charge in [0, 0.05) is 56.7 Å². The van der Waals surface area contributed by atoms with Crippen LogP contribution in [0, 0.1) is 17.1 Å². The first-order valence-corrected chi connectivity index (χ1v) is 13.8. The van der Waals surface area contributed by atoms with Crippen molar-refractivity contribution < 1.29 is 18.7 Å². The van der Waals surface area contributed by atoms with E-state index in [1.165, 1.54) is 19.2 Å². The molecule has 2 aromatic rings. The zero-order valence-electron chi connectivity index (χ0n) is 22.2. The van der Waals surface area contributed by atoms with Crippen LogP contribution < -0.4 is 10.1 Å². The van der Waals surface area contributed by atoms with E-state index in [0.29, 0.717) is 60.1 Å². The molecule has 2 saturated heterocycles. The Kier molecular flexibility index (Phi) is 7.19. The molecule has 0 atom stereocenters. The van der Waals surface area contributed by atoms with Crippen molar-refractivity contribution in [2.75, 3.05) is 51.8 Å². The molecule has 6 rings (SSSR count). The van der Waals surface area contributed by atoms with E-state index in [4.69, 9.17) is 19.4 Å². The van der Waals surface area contributed by atoms with E-state index < -0.39 is 5.82 Å². The maximum atomic E-state index is 15.4. The molecule has 0 unspecified atom stereocenters. The van der Waals surface area contributed by atoms with Gasteiger partial charge >= 0.3 is 0 Å². The maximum absolute atomic E-state index is 15.4. The number of fused-ring (bicyclic) bond motifs is 1. The van der Waals surface area contributed by atoms with Gasteiger partial charge in [-0.2, -0.15) is 5.26 Å². The quantitative estimate of drug-likeness (QED) is 0.580. The van der Waals surface area contributed by atoms with Crippen molar-refractivity contribution in [2.45, 2.75) is 50.6 Å². The second kappa shape index (κ2) is 10.9. The molecular weight excluding hydrogens is 499 g/mol. The number of amides is 1. The number of carbonyl (C=O) groups is 1. The van der Waals surface area contributed by atoms with E-state index in [1.54, 1.807) is 4.90 Å². The summed E-state index contributed by atoms with van der Waals surface area (Å²) >= 11 is 0. The summed E-state index contributed by atoms with van der Waals surface area (Å²) in [6.45, 7) is 4.56. The molecule has 3 fully saturated rings. The molecule has 204 valence electrons. The van der Waals surface area contributed by atoms with Gasteiger partial charge in [-0.1, -0.05) is 6.08 Å². The highest BCUT2D eigenvalue weighted by Gasteiger charge is 2.31. The van der Waals surface area contributed by atoms with E-state index in [-0.39, 0.29) is 17.9 Å². The zero-order valence-corrected chi connectivity index (χ0v) is 22.2. The van der Waals surface area contributed by atoms with E-state index in [2.05, 4.69) is 16.3 Å². The van der Waals surface area contributed by atoms with E-state index in [0.717, 1.165) is 63.2 Å². The zero-order chi connectivity index (χ0) is 26.9. The van der Waals surface area contributed by atoms with Crippen LogP contribution in [0.4, 0.5) is 10.2 Å². The first kappa shape index (κ1) is 25.7. The van der Waals surface area contributed by atoms with Crippen molar-refractivity contribution in [2.24, 2.45) is 0 Å². The number of hydrogen-bond donors (Lipinski definition) is 1. The molecule has 2 aliphatic carbocycles. The highest BCUT2D eigenvalue weighted by atomic mass is 19.1. The molecular formula is C29H33FN6O3. The second-order valence-corrected chi connectivity index (χ2v) is 10.7. The van der Waals surface area contributed by atoms with Crippen LogP contribution in [0.1, 0.15) is 58.7 Å². The third-order valence-electron chi connectivity index (χ3n) is 8.10. The summed E-state index contributed by atoms with van der Waals surface area (Å²) < 4.78 is 26.5. The lowest BCUT2D eigenvalue weighted by atomic mass is 10.0. The summed E-state index contributed by atoms with van der Waals surface area (Å²) in [5.41, 5.74) is 2.74. The molecule has 1 N–H and O–H groups in total. The number of nitrogens with zero attached hydrogens (tertiary/aromatic N) is 5. The molecule has 0 radical (unpaired) electrons. The number of hydrogen-bond acceptors (Lipinski definition) is 8. The smallest absolute Gasteiger partial charge is 0.256 e. The van der Waals surface area contributed by atoms with Gasteiger partial charge in [0.2, 0.25) is 0 Å². The average Bonchev–Trinajstić information content (AvgIpc) is 3.69. The lowest BCUT2D eigenvalue weighted by molar-refractivity contribution is 0.00154. The Morgan fingerprint density at radius 3 is 2.64 bits per heavy atom. The SMILES string of the molecule is COc1cc(C(=O)N2CCC(N3CCOCC3)CC2)c(F)cc1Cc1nc2c(c(NC3CC3)n1)C(C#N)=CC2. The minimum absolute atomic E-state index is 0.0224. The summed E-state index contributed by atoms with van der Waals surface area (Å²) in [6, 6.07) is 5.91. The number of morpholine rings is 1. The number of anilines is 1. The van der Waals surface area contributed by atoms with E-state index in [1.807, 2.05) is 6.08 Å². The van der Waals surface area contributed by atoms with Crippen LogP contribution in [-0.2, 0) is 17.6 Å². The van der Waals surface area contributed by atoms with Crippen molar-refractivity contribution in [3.05, 3.63) is 52.2 Å². The predicted octanol–water partition coefficient (Wildman–Crippen LogP) is 3.19. The van der Waals surface area contributed by atoms with Crippen LogP contribution in [0.15, 0.2) is 18.2 Å². The fourth-order valence-corrected chi connectivity index (χ4v) is 5.80. The third-order valence-corrected chi connectivity index (χ3v) is 8.10. The number of allylic oxidation sites excluding steroid dienone is 2. The Hall–Kier alpha value is -3.55. The number of ether oxygens (including phenoxy) is 2. The van der Waals surface area contributed by atoms with E-state index in [9.17, 15) is 10.1 Å². The summed E-state index contributed by atoms with van der Waals surface area (Å²) in [4.78, 5) is 26.9. The van der Waals surface area contributed by atoms with Crippen molar-refractivity contribution in [1.29, 1.82) is 5.26 Å². The average molecular weight is 533 g/mol. The van der Waals surface area contributed by atoms with Crippen LogP contribution in [0.2, 0.25) is 0 Å². The first-order valence-electron chi connectivity index (χ1n) is 13.8. The van der Waals surface area contributed by atoms with Gasteiger partial charge in [-0.3, -0.25) is 9.69 Å². The van der Waals surface area contributed by atoms with Crippen molar-refractivity contribution in [3.8, 4) is 11.8 Å². The Bertz CT molecular complexity index is 1340. The molecule has 9 nitrogen and oxygen atoms in total. The highest BCUT2D eigenvalue weighted by molar-refractivity contribution is 5.95. The molecule has 1 amide bonds. The summed E-state index contributed by atoms with van der Waals surface area (Å²) in [7, 11) is 1.52. The van der Waals surface area contributed by atoms with Gasteiger partial charge in [0.25, 0.3) is 5.91 Å². The van der Waals surface area contributed by atoms with Crippen LogP contribution in [0.5, 0.6) is 5.75 Å². The Balaban J connectivity index is 1.19. The normalized spacial score (nSPS) is 19.8. The predicted molar refractivity (Wildman–Crippen MR) is 143 cm³/mol. The molecule has 0 bridgehead atoms. The number of rotatable bonds is 7. The summed E-state index contributed by atoms with van der Waals surface area (Å²) in [6.07, 6.45) is 6.56. The number of methoxy groups -OCH3 is 1. The molecule has 39 heavy (non-hydrogen) atoms. The Morgan fingerprint density at radius 2 is 1.95 bits per heavy atom. The molecule has 10 heteroatoms.